The van der Waals surface area contributed by atoms with Crippen LogP contribution in [-0.4, -0.2) is 5.91 Å². The fraction of sp³-hybridized carbons (Fsp3) is 0.0556. The van der Waals surface area contributed by atoms with Gasteiger partial charge in [0.05, 0.1) is 5.02 Å². The van der Waals surface area contributed by atoms with Crippen LogP contribution in [0.15, 0.2) is 65.1 Å². The quantitative estimate of drug-likeness (QED) is 0.726. The molecule has 3 rings (SSSR count). The number of carbonyl (C=O) groups excluding carboxylic acids is 1. The average molecular weight is 312 g/mol. The molecule has 3 nitrogen and oxygen atoms in total. The number of amides is 1. The standard InChI is InChI=1S/C18H14ClNO2/c1-12-6-2-5-9-15(12)20-18(21)17-11-10-16(22-17)13-7-3-4-8-14(13)19/h2-11H,1H3,(H,20,21). The maximum Gasteiger partial charge on any atom is 0.291 e. The monoisotopic (exact) mass is 311 g/mol. The van der Waals surface area contributed by atoms with Gasteiger partial charge in [0.15, 0.2) is 5.76 Å². The molecule has 0 atom stereocenters. The van der Waals surface area contributed by atoms with E-state index in [0.717, 1.165) is 16.8 Å². The van der Waals surface area contributed by atoms with Gasteiger partial charge in [0.25, 0.3) is 5.91 Å². The van der Waals surface area contributed by atoms with Crippen molar-refractivity contribution in [3.8, 4) is 11.3 Å². The lowest BCUT2D eigenvalue weighted by molar-refractivity contribution is 0.0997. The summed E-state index contributed by atoms with van der Waals surface area (Å²) in [6, 6.07) is 18.3. The van der Waals surface area contributed by atoms with E-state index in [4.69, 9.17) is 16.0 Å². The summed E-state index contributed by atoms with van der Waals surface area (Å²) in [5.74, 6) is 0.534. The number of rotatable bonds is 3. The van der Waals surface area contributed by atoms with E-state index in [1.54, 1.807) is 18.2 Å². The van der Waals surface area contributed by atoms with Crippen molar-refractivity contribution in [1.82, 2.24) is 0 Å². The first-order valence-corrected chi connectivity index (χ1v) is 7.24. The molecule has 1 heterocycles. The Labute approximate surface area is 133 Å². The van der Waals surface area contributed by atoms with E-state index in [2.05, 4.69) is 5.32 Å². The molecule has 0 radical (unpaired) electrons. The molecule has 1 N–H and O–H groups in total. The van der Waals surface area contributed by atoms with E-state index in [1.807, 2.05) is 49.4 Å². The third-order valence-corrected chi connectivity index (χ3v) is 3.69. The maximum atomic E-state index is 12.3. The Balaban J connectivity index is 1.84. The van der Waals surface area contributed by atoms with Gasteiger partial charge in [-0.1, -0.05) is 41.9 Å². The van der Waals surface area contributed by atoms with Crippen LogP contribution in [0.4, 0.5) is 5.69 Å². The van der Waals surface area contributed by atoms with Crippen molar-refractivity contribution in [2.45, 2.75) is 6.92 Å². The summed E-state index contributed by atoms with van der Waals surface area (Å²) in [5, 5.41) is 3.43. The first kappa shape index (κ1) is 14.4. The normalized spacial score (nSPS) is 10.5. The number of furan rings is 1. The van der Waals surface area contributed by atoms with E-state index < -0.39 is 0 Å². The fourth-order valence-corrected chi connectivity index (χ4v) is 2.39. The number of aryl methyl sites for hydroxylation is 1. The van der Waals surface area contributed by atoms with Crippen molar-refractivity contribution in [2.75, 3.05) is 5.32 Å². The Morgan fingerprint density at radius 1 is 1.00 bits per heavy atom. The van der Waals surface area contributed by atoms with E-state index in [0.29, 0.717) is 10.8 Å². The molecule has 4 heteroatoms. The van der Waals surface area contributed by atoms with Gasteiger partial charge < -0.3 is 9.73 Å². The first-order chi connectivity index (χ1) is 10.6. The lowest BCUT2D eigenvalue weighted by Crippen LogP contribution is -2.11. The zero-order valence-corrected chi connectivity index (χ0v) is 12.7. The topological polar surface area (TPSA) is 42.2 Å². The minimum atomic E-state index is -0.285. The van der Waals surface area contributed by atoms with E-state index in [-0.39, 0.29) is 11.7 Å². The molecule has 2 aromatic carbocycles. The number of halogens is 1. The first-order valence-electron chi connectivity index (χ1n) is 6.87. The Morgan fingerprint density at radius 2 is 1.73 bits per heavy atom. The van der Waals surface area contributed by atoms with Crippen molar-refractivity contribution in [3.63, 3.8) is 0 Å². The van der Waals surface area contributed by atoms with Gasteiger partial charge in [0.2, 0.25) is 0 Å². The van der Waals surface area contributed by atoms with E-state index in [9.17, 15) is 4.79 Å². The summed E-state index contributed by atoms with van der Waals surface area (Å²) in [6.07, 6.45) is 0. The number of hydrogen-bond donors (Lipinski definition) is 1. The number of nitrogens with one attached hydrogen (secondary N) is 1. The molecule has 22 heavy (non-hydrogen) atoms. The van der Waals surface area contributed by atoms with Crippen LogP contribution >= 0.6 is 11.6 Å². The summed E-state index contributed by atoms with van der Waals surface area (Å²) in [6.45, 7) is 1.94. The molecule has 3 aromatic rings. The lowest BCUT2D eigenvalue weighted by Gasteiger charge is -2.06. The van der Waals surface area contributed by atoms with Crippen molar-refractivity contribution in [2.24, 2.45) is 0 Å². The highest BCUT2D eigenvalue weighted by Gasteiger charge is 2.14. The van der Waals surface area contributed by atoms with Gasteiger partial charge in [-0.15, -0.1) is 0 Å². The van der Waals surface area contributed by atoms with Crippen molar-refractivity contribution in [3.05, 3.63) is 77.0 Å². The van der Waals surface area contributed by atoms with Crippen LogP contribution in [0.3, 0.4) is 0 Å². The summed E-state index contributed by atoms with van der Waals surface area (Å²) in [5.41, 5.74) is 2.52. The van der Waals surface area contributed by atoms with E-state index in [1.165, 1.54) is 0 Å². The second-order valence-corrected chi connectivity index (χ2v) is 5.32. The van der Waals surface area contributed by atoms with E-state index >= 15 is 0 Å². The largest absolute Gasteiger partial charge is 0.451 e. The van der Waals surface area contributed by atoms with Gasteiger partial charge in [0.1, 0.15) is 5.76 Å². The summed E-state index contributed by atoms with van der Waals surface area (Å²) in [7, 11) is 0. The molecule has 0 unspecified atom stereocenters. The minimum absolute atomic E-state index is 0.248. The second-order valence-electron chi connectivity index (χ2n) is 4.91. The van der Waals surface area contributed by atoms with Gasteiger partial charge in [-0.2, -0.15) is 0 Å². The summed E-state index contributed by atoms with van der Waals surface area (Å²) >= 11 is 6.14. The smallest absolute Gasteiger partial charge is 0.291 e. The highest BCUT2D eigenvalue weighted by molar-refractivity contribution is 6.33. The predicted molar refractivity (Wildman–Crippen MR) is 88.3 cm³/mol. The lowest BCUT2D eigenvalue weighted by atomic mass is 10.2. The average Bonchev–Trinajstić information content (AvgIpc) is 3.00. The summed E-state index contributed by atoms with van der Waals surface area (Å²) < 4.78 is 5.63. The third kappa shape index (κ3) is 2.90. The molecule has 0 aliphatic heterocycles. The van der Waals surface area contributed by atoms with Crippen molar-refractivity contribution >= 4 is 23.2 Å². The van der Waals surface area contributed by atoms with Gasteiger partial charge in [0, 0.05) is 11.3 Å². The molecule has 0 saturated heterocycles. The molecule has 1 aromatic heterocycles. The Hall–Kier alpha value is -2.52. The molecule has 0 fully saturated rings. The molecular weight excluding hydrogens is 298 g/mol. The van der Waals surface area contributed by atoms with Crippen molar-refractivity contribution in [1.29, 1.82) is 0 Å². The molecule has 0 bridgehead atoms. The molecule has 0 spiro atoms. The number of anilines is 1. The molecular formula is C18H14ClNO2. The fourth-order valence-electron chi connectivity index (χ4n) is 2.16. The van der Waals surface area contributed by atoms with Crippen LogP contribution in [0, 0.1) is 6.92 Å². The molecule has 1 amide bonds. The number of carbonyl (C=O) groups is 1. The van der Waals surface area contributed by atoms with Crippen LogP contribution in [-0.2, 0) is 0 Å². The van der Waals surface area contributed by atoms with Crippen LogP contribution in [0.25, 0.3) is 11.3 Å². The second kappa shape index (κ2) is 6.08. The van der Waals surface area contributed by atoms with Crippen LogP contribution < -0.4 is 5.32 Å². The van der Waals surface area contributed by atoms with Gasteiger partial charge >= 0.3 is 0 Å². The molecule has 110 valence electrons. The highest BCUT2D eigenvalue weighted by atomic mass is 35.5. The number of para-hydroxylation sites is 1. The molecule has 0 aliphatic rings. The maximum absolute atomic E-state index is 12.3. The molecule has 0 saturated carbocycles. The van der Waals surface area contributed by atoms with Gasteiger partial charge in [-0.3, -0.25) is 4.79 Å². The van der Waals surface area contributed by atoms with Gasteiger partial charge in [-0.05, 0) is 42.8 Å². The Bertz CT molecular complexity index is 823. The minimum Gasteiger partial charge on any atom is -0.451 e. The van der Waals surface area contributed by atoms with Crippen molar-refractivity contribution < 1.29 is 9.21 Å². The Kier molecular flexibility index (Phi) is 3.98. The van der Waals surface area contributed by atoms with Crippen LogP contribution in [0.1, 0.15) is 16.1 Å². The Morgan fingerprint density at radius 3 is 2.50 bits per heavy atom. The number of hydrogen-bond acceptors (Lipinski definition) is 2. The predicted octanol–water partition coefficient (Wildman–Crippen LogP) is 5.16. The highest BCUT2D eigenvalue weighted by Crippen LogP contribution is 2.29. The number of benzene rings is 2. The van der Waals surface area contributed by atoms with Gasteiger partial charge in [-0.25, -0.2) is 0 Å². The van der Waals surface area contributed by atoms with Crippen LogP contribution in [0.5, 0.6) is 0 Å². The zero-order valence-electron chi connectivity index (χ0n) is 12.0. The third-order valence-electron chi connectivity index (χ3n) is 3.36. The summed E-state index contributed by atoms with van der Waals surface area (Å²) in [4.78, 5) is 12.3. The molecule has 0 aliphatic carbocycles. The zero-order chi connectivity index (χ0) is 15.5. The SMILES string of the molecule is Cc1ccccc1NC(=O)c1ccc(-c2ccccc2Cl)o1. The van der Waals surface area contributed by atoms with Crippen LogP contribution in [0.2, 0.25) is 5.02 Å².